The second kappa shape index (κ2) is 5.33. The first kappa shape index (κ1) is 13.8. The number of hydrogen-bond acceptors (Lipinski definition) is 3. The minimum Gasteiger partial charge on any atom is -0.335 e. The number of carbonyl (C=O) groups is 1. The number of aromatic nitrogens is 1. The van der Waals surface area contributed by atoms with Gasteiger partial charge in [-0.2, -0.15) is 0 Å². The van der Waals surface area contributed by atoms with Crippen molar-refractivity contribution in [2.45, 2.75) is 13.0 Å². The molecule has 1 N–H and O–H groups in total. The van der Waals surface area contributed by atoms with Crippen LogP contribution in [0.15, 0.2) is 29.1 Å². The first-order valence-electron chi connectivity index (χ1n) is 7.11. The van der Waals surface area contributed by atoms with Crippen LogP contribution in [0.1, 0.15) is 11.3 Å². The van der Waals surface area contributed by atoms with E-state index in [4.69, 9.17) is 0 Å². The highest BCUT2D eigenvalue weighted by Gasteiger charge is 2.23. The first-order valence-corrected chi connectivity index (χ1v) is 7.11. The van der Waals surface area contributed by atoms with Gasteiger partial charge in [0, 0.05) is 17.6 Å². The minimum atomic E-state index is -0.0775. The van der Waals surface area contributed by atoms with E-state index in [1.54, 1.807) is 0 Å². The summed E-state index contributed by atoms with van der Waals surface area (Å²) in [6.07, 6.45) is 0.784. The highest BCUT2D eigenvalue weighted by molar-refractivity contribution is 5.86. The number of nitrogens with zero attached hydrogens (tertiary/aromatic N) is 2. The first-order chi connectivity index (χ1) is 10.1. The number of rotatable bonds is 2. The second-order valence-electron chi connectivity index (χ2n) is 5.76. The molecule has 0 aliphatic carbocycles. The van der Waals surface area contributed by atoms with Crippen molar-refractivity contribution in [1.82, 2.24) is 14.8 Å². The summed E-state index contributed by atoms with van der Waals surface area (Å²) < 4.78 is 0. The number of pyridine rings is 1. The molecule has 5 nitrogen and oxygen atoms in total. The lowest BCUT2D eigenvalue weighted by Crippen LogP contribution is -2.41. The lowest BCUT2D eigenvalue weighted by Gasteiger charge is -2.30. The fraction of sp³-hybridized carbons (Fsp3) is 0.375. The van der Waals surface area contributed by atoms with E-state index in [2.05, 4.69) is 4.98 Å². The molecule has 1 amide bonds. The Hall–Kier alpha value is -2.14. The Morgan fingerprint density at radius 2 is 2.00 bits per heavy atom. The minimum absolute atomic E-state index is 0.0775. The van der Waals surface area contributed by atoms with Gasteiger partial charge in [0.25, 0.3) is 5.56 Å². The third-order valence-corrected chi connectivity index (χ3v) is 3.91. The number of amides is 1. The van der Waals surface area contributed by atoms with Crippen molar-refractivity contribution in [1.29, 1.82) is 0 Å². The molecule has 0 fully saturated rings. The topological polar surface area (TPSA) is 56.4 Å². The van der Waals surface area contributed by atoms with Gasteiger partial charge in [-0.25, -0.2) is 0 Å². The van der Waals surface area contributed by atoms with Crippen molar-refractivity contribution in [3.05, 3.63) is 45.9 Å². The number of benzene rings is 1. The van der Waals surface area contributed by atoms with Gasteiger partial charge in [0.2, 0.25) is 5.91 Å². The van der Waals surface area contributed by atoms with Gasteiger partial charge < -0.3 is 14.8 Å². The summed E-state index contributed by atoms with van der Waals surface area (Å²) in [5, 5.41) is 1.74. The Kier molecular flexibility index (Phi) is 3.51. The molecule has 1 aliphatic heterocycles. The van der Waals surface area contributed by atoms with E-state index in [0.717, 1.165) is 22.9 Å². The van der Waals surface area contributed by atoms with E-state index in [1.165, 1.54) is 5.56 Å². The Labute approximate surface area is 123 Å². The maximum atomic E-state index is 12.2. The maximum absolute atomic E-state index is 12.2. The molecule has 2 aromatic rings. The third-order valence-electron chi connectivity index (χ3n) is 3.91. The van der Waals surface area contributed by atoms with Crippen LogP contribution in [0.25, 0.3) is 10.8 Å². The Morgan fingerprint density at radius 1 is 1.29 bits per heavy atom. The average molecular weight is 285 g/mol. The van der Waals surface area contributed by atoms with Gasteiger partial charge in [-0.3, -0.25) is 9.59 Å². The quantitative estimate of drug-likeness (QED) is 0.894. The van der Waals surface area contributed by atoms with Crippen LogP contribution in [0.2, 0.25) is 0 Å². The van der Waals surface area contributed by atoms with Gasteiger partial charge in [0.15, 0.2) is 0 Å². The van der Waals surface area contributed by atoms with Crippen LogP contribution < -0.4 is 5.56 Å². The molecule has 3 rings (SSSR count). The van der Waals surface area contributed by atoms with E-state index in [0.29, 0.717) is 19.6 Å². The van der Waals surface area contributed by atoms with Crippen LogP contribution in [-0.2, 0) is 17.8 Å². The molecule has 0 spiro atoms. The molecule has 0 bridgehead atoms. The molecule has 0 saturated carbocycles. The van der Waals surface area contributed by atoms with E-state index in [9.17, 15) is 9.59 Å². The van der Waals surface area contributed by atoms with Crippen molar-refractivity contribution >= 4 is 16.7 Å². The zero-order chi connectivity index (χ0) is 15.0. The highest BCUT2D eigenvalue weighted by atomic mass is 16.2. The summed E-state index contributed by atoms with van der Waals surface area (Å²) in [5.74, 6) is 0.0969. The lowest BCUT2D eigenvalue weighted by atomic mass is 9.98. The Balaban J connectivity index is 1.97. The Morgan fingerprint density at radius 3 is 2.71 bits per heavy atom. The lowest BCUT2D eigenvalue weighted by molar-refractivity contribution is -0.132. The van der Waals surface area contributed by atoms with Crippen LogP contribution in [0.5, 0.6) is 0 Å². The van der Waals surface area contributed by atoms with Crippen LogP contribution >= 0.6 is 0 Å². The molecule has 0 radical (unpaired) electrons. The third kappa shape index (κ3) is 2.56. The predicted octanol–water partition coefficient (Wildman–Crippen LogP) is 0.974. The number of likely N-dealkylation sites (N-methyl/N-ethyl adjacent to an activating group) is 1. The zero-order valence-electron chi connectivity index (χ0n) is 12.3. The molecule has 0 saturated heterocycles. The molecule has 110 valence electrons. The fourth-order valence-corrected chi connectivity index (χ4v) is 2.91. The van der Waals surface area contributed by atoms with Gasteiger partial charge in [0.05, 0.1) is 13.1 Å². The number of aromatic amines is 1. The van der Waals surface area contributed by atoms with E-state index < -0.39 is 0 Å². The predicted molar refractivity (Wildman–Crippen MR) is 82.2 cm³/mol. The summed E-state index contributed by atoms with van der Waals surface area (Å²) in [6.45, 7) is 1.59. The van der Waals surface area contributed by atoms with E-state index in [1.807, 2.05) is 48.2 Å². The summed E-state index contributed by atoms with van der Waals surface area (Å²) in [6, 6.07) is 7.66. The average Bonchev–Trinajstić information content (AvgIpc) is 2.46. The van der Waals surface area contributed by atoms with Crippen molar-refractivity contribution in [2.75, 3.05) is 27.2 Å². The summed E-state index contributed by atoms with van der Waals surface area (Å²) in [5.41, 5.74) is 1.96. The fourth-order valence-electron chi connectivity index (χ4n) is 2.91. The molecule has 2 heterocycles. The standard InChI is InChI=1S/C16H19N3O2/c1-18(2)10-15(20)19-8-7-12-11-5-3-4-6-13(11)16(21)17-14(12)9-19/h3-6H,7-10H2,1-2H3,(H,17,21). The molecular formula is C16H19N3O2. The summed E-state index contributed by atoms with van der Waals surface area (Å²) in [4.78, 5) is 30.9. The molecule has 1 aromatic heterocycles. The number of nitrogens with one attached hydrogen (secondary N) is 1. The van der Waals surface area contributed by atoms with Crippen molar-refractivity contribution in [2.24, 2.45) is 0 Å². The van der Waals surface area contributed by atoms with E-state index >= 15 is 0 Å². The second-order valence-corrected chi connectivity index (χ2v) is 5.76. The molecule has 21 heavy (non-hydrogen) atoms. The molecule has 0 atom stereocenters. The molecule has 1 aliphatic rings. The number of H-pyrrole nitrogens is 1. The van der Waals surface area contributed by atoms with E-state index in [-0.39, 0.29) is 11.5 Å². The van der Waals surface area contributed by atoms with Gasteiger partial charge in [-0.1, -0.05) is 18.2 Å². The SMILES string of the molecule is CN(C)CC(=O)N1CCc2c([nH]c(=O)c3ccccc23)C1. The van der Waals surface area contributed by atoms with Crippen LogP contribution in [0.3, 0.4) is 0 Å². The van der Waals surface area contributed by atoms with Crippen LogP contribution in [0.4, 0.5) is 0 Å². The van der Waals surface area contributed by atoms with Crippen LogP contribution in [0, 0.1) is 0 Å². The van der Waals surface area contributed by atoms with Crippen molar-refractivity contribution in [3.63, 3.8) is 0 Å². The molecular weight excluding hydrogens is 266 g/mol. The summed E-state index contributed by atoms with van der Waals surface area (Å²) in [7, 11) is 3.76. The van der Waals surface area contributed by atoms with Crippen molar-refractivity contribution in [3.8, 4) is 0 Å². The largest absolute Gasteiger partial charge is 0.335 e. The number of carbonyl (C=O) groups excluding carboxylic acids is 1. The van der Waals surface area contributed by atoms with Gasteiger partial charge in [0.1, 0.15) is 0 Å². The van der Waals surface area contributed by atoms with Crippen LogP contribution in [-0.4, -0.2) is 47.9 Å². The van der Waals surface area contributed by atoms with Crippen molar-refractivity contribution < 1.29 is 4.79 Å². The monoisotopic (exact) mass is 285 g/mol. The van der Waals surface area contributed by atoms with Gasteiger partial charge in [-0.15, -0.1) is 0 Å². The zero-order valence-corrected chi connectivity index (χ0v) is 12.3. The van der Waals surface area contributed by atoms with Gasteiger partial charge in [-0.05, 0) is 37.5 Å². The Bertz CT molecular complexity index is 749. The molecule has 5 heteroatoms. The summed E-state index contributed by atoms with van der Waals surface area (Å²) >= 11 is 0. The van der Waals surface area contributed by atoms with Gasteiger partial charge >= 0.3 is 0 Å². The maximum Gasteiger partial charge on any atom is 0.256 e. The highest BCUT2D eigenvalue weighted by Crippen LogP contribution is 2.23. The molecule has 1 aromatic carbocycles. The number of fused-ring (bicyclic) bond motifs is 3. The number of hydrogen-bond donors (Lipinski definition) is 1. The molecule has 0 unspecified atom stereocenters. The smallest absolute Gasteiger partial charge is 0.256 e. The normalized spacial score (nSPS) is 14.5.